The van der Waals surface area contributed by atoms with Crippen LogP contribution in [-0.4, -0.2) is 29.3 Å². The molecule has 2 aromatic rings. The molecule has 0 saturated carbocycles. The Morgan fingerprint density at radius 3 is 2.71 bits per heavy atom. The van der Waals surface area contributed by atoms with Gasteiger partial charge in [-0.3, -0.25) is 10.1 Å². The lowest BCUT2D eigenvalue weighted by molar-refractivity contribution is 0.102. The topological polar surface area (TPSA) is 73.3 Å². The van der Waals surface area contributed by atoms with Gasteiger partial charge >= 0.3 is 0 Å². The van der Waals surface area contributed by atoms with Crippen molar-refractivity contribution in [3.63, 3.8) is 0 Å². The number of ether oxygens (including phenoxy) is 2. The Hall–Kier alpha value is -2.15. The summed E-state index contributed by atoms with van der Waals surface area (Å²) in [5.41, 5.74) is 0.513. The molecule has 1 aromatic carbocycles. The maximum absolute atomic E-state index is 12.4. The van der Waals surface area contributed by atoms with E-state index in [1.165, 1.54) is 11.3 Å². The summed E-state index contributed by atoms with van der Waals surface area (Å²) in [7, 11) is 0. The molecule has 24 heavy (non-hydrogen) atoms. The standard InChI is InChI=1S/C17H21N3O3S/c1-3-11(4-2)16-19-20-17(24-16)18-15(21)12-6-7-13-14(10-12)23-9-5-8-22-13/h6-7,10-11H,3-5,8-9H2,1-2H3,(H,18,20,21). The molecule has 6 nitrogen and oxygen atoms in total. The molecule has 0 aliphatic carbocycles. The van der Waals surface area contributed by atoms with E-state index in [1.807, 2.05) is 0 Å². The Labute approximate surface area is 145 Å². The van der Waals surface area contributed by atoms with Crippen molar-refractivity contribution in [2.24, 2.45) is 0 Å². The average molecular weight is 347 g/mol. The molecular weight excluding hydrogens is 326 g/mol. The van der Waals surface area contributed by atoms with Crippen LogP contribution in [0.4, 0.5) is 5.13 Å². The van der Waals surface area contributed by atoms with E-state index in [0.29, 0.717) is 41.3 Å². The summed E-state index contributed by atoms with van der Waals surface area (Å²) in [6, 6.07) is 5.20. The van der Waals surface area contributed by atoms with Gasteiger partial charge in [-0.25, -0.2) is 0 Å². The maximum atomic E-state index is 12.4. The number of benzene rings is 1. The summed E-state index contributed by atoms with van der Waals surface area (Å²) in [4.78, 5) is 12.4. The predicted molar refractivity (Wildman–Crippen MR) is 93.2 cm³/mol. The summed E-state index contributed by atoms with van der Waals surface area (Å²) in [6.07, 6.45) is 2.86. The van der Waals surface area contributed by atoms with Crippen LogP contribution in [0.25, 0.3) is 0 Å². The first-order valence-electron chi connectivity index (χ1n) is 8.25. The van der Waals surface area contributed by atoms with Crippen molar-refractivity contribution in [3.8, 4) is 11.5 Å². The quantitative estimate of drug-likeness (QED) is 0.889. The molecule has 0 atom stereocenters. The van der Waals surface area contributed by atoms with E-state index in [4.69, 9.17) is 9.47 Å². The van der Waals surface area contributed by atoms with Gasteiger partial charge in [0.15, 0.2) is 11.5 Å². The third-order valence-electron chi connectivity index (χ3n) is 4.01. The smallest absolute Gasteiger partial charge is 0.257 e. The minimum atomic E-state index is -0.224. The second-order valence-corrected chi connectivity index (χ2v) is 6.63. The molecule has 7 heteroatoms. The van der Waals surface area contributed by atoms with Gasteiger partial charge in [0.25, 0.3) is 5.91 Å². The molecule has 0 unspecified atom stereocenters. The first-order valence-corrected chi connectivity index (χ1v) is 9.07. The zero-order valence-electron chi connectivity index (χ0n) is 13.9. The zero-order chi connectivity index (χ0) is 16.9. The molecule has 0 bridgehead atoms. The first-order chi connectivity index (χ1) is 11.7. The van der Waals surface area contributed by atoms with Crippen LogP contribution in [0.2, 0.25) is 0 Å². The third kappa shape index (κ3) is 3.67. The van der Waals surface area contributed by atoms with Crippen LogP contribution in [-0.2, 0) is 0 Å². The molecule has 1 aliphatic heterocycles. The van der Waals surface area contributed by atoms with E-state index in [9.17, 15) is 4.79 Å². The van der Waals surface area contributed by atoms with Crippen LogP contribution in [0.15, 0.2) is 18.2 Å². The third-order valence-corrected chi connectivity index (χ3v) is 5.01. The fourth-order valence-corrected chi connectivity index (χ4v) is 3.57. The number of fused-ring (bicyclic) bond motifs is 1. The molecule has 1 N–H and O–H groups in total. The van der Waals surface area contributed by atoms with Gasteiger partial charge < -0.3 is 9.47 Å². The fraction of sp³-hybridized carbons (Fsp3) is 0.471. The fourth-order valence-electron chi connectivity index (χ4n) is 2.56. The lowest BCUT2D eigenvalue weighted by Gasteiger charge is -2.09. The van der Waals surface area contributed by atoms with Crippen LogP contribution in [0.3, 0.4) is 0 Å². The van der Waals surface area contributed by atoms with Crippen LogP contribution in [0, 0.1) is 0 Å². The van der Waals surface area contributed by atoms with Gasteiger partial charge in [-0.1, -0.05) is 25.2 Å². The predicted octanol–water partition coefficient (Wildman–Crippen LogP) is 3.86. The van der Waals surface area contributed by atoms with E-state index in [0.717, 1.165) is 24.3 Å². The van der Waals surface area contributed by atoms with Crippen molar-refractivity contribution < 1.29 is 14.3 Å². The van der Waals surface area contributed by atoms with Gasteiger partial charge in [0.05, 0.1) is 13.2 Å². The van der Waals surface area contributed by atoms with E-state index in [2.05, 4.69) is 29.4 Å². The van der Waals surface area contributed by atoms with Gasteiger partial charge in [-0.05, 0) is 31.0 Å². The highest BCUT2D eigenvalue weighted by atomic mass is 32.1. The lowest BCUT2D eigenvalue weighted by atomic mass is 10.1. The van der Waals surface area contributed by atoms with Crippen molar-refractivity contribution in [1.29, 1.82) is 0 Å². The average Bonchev–Trinajstić information content (AvgIpc) is 2.92. The molecule has 1 amide bonds. The highest BCUT2D eigenvalue weighted by Crippen LogP contribution is 2.31. The number of nitrogens with zero attached hydrogens (tertiary/aromatic N) is 2. The first kappa shape index (κ1) is 16.7. The molecular formula is C17H21N3O3S. The molecule has 2 heterocycles. The van der Waals surface area contributed by atoms with Crippen LogP contribution in [0.5, 0.6) is 11.5 Å². The number of hydrogen-bond donors (Lipinski definition) is 1. The number of nitrogens with one attached hydrogen (secondary N) is 1. The molecule has 1 aliphatic rings. The second-order valence-electron chi connectivity index (χ2n) is 5.62. The lowest BCUT2D eigenvalue weighted by Crippen LogP contribution is -2.12. The minimum absolute atomic E-state index is 0.224. The molecule has 128 valence electrons. The molecule has 1 aromatic heterocycles. The maximum Gasteiger partial charge on any atom is 0.257 e. The Morgan fingerprint density at radius 1 is 1.21 bits per heavy atom. The SMILES string of the molecule is CCC(CC)c1nnc(NC(=O)c2ccc3c(c2)OCCCO3)s1. The number of hydrogen-bond acceptors (Lipinski definition) is 6. The van der Waals surface area contributed by atoms with Crippen molar-refractivity contribution >= 4 is 22.4 Å². The second kappa shape index (κ2) is 7.61. The van der Waals surface area contributed by atoms with Gasteiger partial charge in [-0.15, -0.1) is 10.2 Å². The van der Waals surface area contributed by atoms with Crippen LogP contribution >= 0.6 is 11.3 Å². The minimum Gasteiger partial charge on any atom is -0.490 e. The summed E-state index contributed by atoms with van der Waals surface area (Å²) in [6.45, 7) is 5.48. The number of carbonyl (C=O) groups is 1. The summed E-state index contributed by atoms with van der Waals surface area (Å²) >= 11 is 1.44. The number of carbonyl (C=O) groups excluding carboxylic acids is 1. The molecule has 0 spiro atoms. The summed E-state index contributed by atoms with van der Waals surface area (Å²) in [5.74, 6) is 1.45. The number of rotatable bonds is 5. The van der Waals surface area contributed by atoms with Crippen molar-refractivity contribution in [3.05, 3.63) is 28.8 Å². The van der Waals surface area contributed by atoms with Gasteiger partial charge in [0.1, 0.15) is 5.01 Å². The number of anilines is 1. The van der Waals surface area contributed by atoms with E-state index in [1.54, 1.807) is 18.2 Å². The Morgan fingerprint density at radius 2 is 1.96 bits per heavy atom. The Balaban J connectivity index is 1.72. The summed E-state index contributed by atoms with van der Waals surface area (Å²) < 4.78 is 11.2. The van der Waals surface area contributed by atoms with Gasteiger partial charge in [-0.2, -0.15) is 0 Å². The van der Waals surface area contributed by atoms with Gasteiger partial charge in [0, 0.05) is 17.9 Å². The van der Waals surface area contributed by atoms with Crippen LogP contribution in [0.1, 0.15) is 54.4 Å². The van der Waals surface area contributed by atoms with Crippen molar-refractivity contribution in [2.45, 2.75) is 39.0 Å². The molecule has 3 rings (SSSR count). The van der Waals surface area contributed by atoms with Crippen LogP contribution < -0.4 is 14.8 Å². The number of aromatic nitrogens is 2. The van der Waals surface area contributed by atoms with E-state index < -0.39 is 0 Å². The van der Waals surface area contributed by atoms with Gasteiger partial charge in [0.2, 0.25) is 5.13 Å². The largest absolute Gasteiger partial charge is 0.490 e. The summed E-state index contributed by atoms with van der Waals surface area (Å²) in [5, 5.41) is 12.6. The van der Waals surface area contributed by atoms with Crippen molar-refractivity contribution in [1.82, 2.24) is 10.2 Å². The molecule has 0 fully saturated rings. The normalized spacial score (nSPS) is 13.6. The van der Waals surface area contributed by atoms with Crippen molar-refractivity contribution in [2.75, 3.05) is 18.5 Å². The Kier molecular flexibility index (Phi) is 5.30. The monoisotopic (exact) mass is 347 g/mol. The molecule has 0 saturated heterocycles. The van der Waals surface area contributed by atoms with E-state index in [-0.39, 0.29) is 5.91 Å². The highest BCUT2D eigenvalue weighted by molar-refractivity contribution is 7.15. The zero-order valence-corrected chi connectivity index (χ0v) is 14.7. The highest BCUT2D eigenvalue weighted by Gasteiger charge is 2.17. The molecule has 0 radical (unpaired) electrons. The Bertz CT molecular complexity index is 713. The van der Waals surface area contributed by atoms with E-state index >= 15 is 0 Å². The number of amides is 1.